The molecule has 6 heteroatoms. The Balaban J connectivity index is 1.80. The van der Waals surface area contributed by atoms with E-state index in [-0.39, 0.29) is 5.91 Å². The van der Waals surface area contributed by atoms with E-state index >= 15 is 0 Å². The summed E-state index contributed by atoms with van der Waals surface area (Å²) in [7, 11) is 0. The van der Waals surface area contributed by atoms with Crippen molar-refractivity contribution in [2.45, 2.75) is 12.2 Å². The van der Waals surface area contributed by atoms with Crippen molar-refractivity contribution in [3.63, 3.8) is 0 Å². The van der Waals surface area contributed by atoms with E-state index < -0.39 is 30.0 Å². The molecule has 2 aliphatic heterocycles. The summed E-state index contributed by atoms with van der Waals surface area (Å²) in [5, 5.41) is 13.9. The first-order valence-corrected chi connectivity index (χ1v) is 6.96. The number of aliphatic carboxylic acids is 1. The number of hydrogen-bond acceptors (Lipinski definition) is 4. The molecule has 1 saturated heterocycles. The average molecular weight is 337 g/mol. The van der Waals surface area contributed by atoms with Gasteiger partial charge in [-0.2, -0.15) is 0 Å². The summed E-state index contributed by atoms with van der Waals surface area (Å²) in [4.78, 5) is 23.5. The van der Waals surface area contributed by atoms with Gasteiger partial charge in [-0.1, -0.05) is 34.1 Å². The molecular formula is C14H11BrNO4-. The van der Waals surface area contributed by atoms with Crippen molar-refractivity contribution in [2.75, 3.05) is 5.32 Å². The Morgan fingerprint density at radius 3 is 2.55 bits per heavy atom. The van der Waals surface area contributed by atoms with Crippen LogP contribution in [0.15, 0.2) is 40.9 Å². The number of carboxylic acids is 1. The number of carboxylic acid groups (broad SMARTS) is 1. The Bertz CT molecular complexity index is 601. The summed E-state index contributed by atoms with van der Waals surface area (Å²) in [6, 6.07) is 7.10. The third-order valence-electron chi connectivity index (χ3n) is 3.57. The van der Waals surface area contributed by atoms with Gasteiger partial charge < -0.3 is 20.0 Å². The number of carbonyl (C=O) groups excluding carboxylic acids is 2. The van der Waals surface area contributed by atoms with Crippen molar-refractivity contribution in [2.24, 2.45) is 11.8 Å². The summed E-state index contributed by atoms with van der Waals surface area (Å²) in [6.45, 7) is 0. The Kier molecular flexibility index (Phi) is 3.35. The minimum absolute atomic E-state index is 0.367. The molecule has 1 amide bonds. The predicted molar refractivity (Wildman–Crippen MR) is 72.6 cm³/mol. The smallest absolute Gasteiger partial charge is 0.231 e. The lowest BCUT2D eigenvalue weighted by atomic mass is 9.82. The predicted octanol–water partition coefficient (Wildman–Crippen LogP) is 0.707. The van der Waals surface area contributed by atoms with Crippen LogP contribution in [0.1, 0.15) is 0 Å². The number of anilines is 1. The molecule has 20 heavy (non-hydrogen) atoms. The summed E-state index contributed by atoms with van der Waals surface area (Å²) in [5.41, 5.74) is 0.605. The monoisotopic (exact) mass is 336 g/mol. The molecule has 0 aliphatic carbocycles. The molecule has 0 unspecified atom stereocenters. The van der Waals surface area contributed by atoms with Crippen molar-refractivity contribution in [1.82, 2.24) is 0 Å². The highest BCUT2D eigenvalue weighted by molar-refractivity contribution is 9.10. The first-order chi connectivity index (χ1) is 9.56. The molecule has 1 fully saturated rings. The van der Waals surface area contributed by atoms with Gasteiger partial charge in [0.2, 0.25) is 5.91 Å². The molecule has 0 saturated carbocycles. The Morgan fingerprint density at radius 1 is 1.20 bits per heavy atom. The number of benzene rings is 1. The largest absolute Gasteiger partial charge is 0.550 e. The Hall–Kier alpha value is -1.66. The van der Waals surface area contributed by atoms with E-state index in [2.05, 4.69) is 21.2 Å². The second-order valence-corrected chi connectivity index (χ2v) is 5.74. The van der Waals surface area contributed by atoms with Crippen LogP contribution in [-0.2, 0) is 14.3 Å². The standard InChI is InChI=1S/C14H12BrNO4/c15-7-2-1-3-8(6-7)16-13(17)11-9-4-5-10(20-9)12(11)14(18)19/h1-6,9-12H,(H,16,17)(H,18,19)/p-1/t9-,10+,11+,12-/m0/s1. The van der Waals surface area contributed by atoms with Gasteiger partial charge >= 0.3 is 0 Å². The summed E-state index contributed by atoms with van der Waals surface area (Å²) < 4.78 is 6.27. The van der Waals surface area contributed by atoms with Crippen LogP contribution in [0.25, 0.3) is 0 Å². The van der Waals surface area contributed by atoms with Crippen molar-refractivity contribution in [3.05, 3.63) is 40.9 Å². The van der Waals surface area contributed by atoms with Crippen LogP contribution in [0.5, 0.6) is 0 Å². The van der Waals surface area contributed by atoms with E-state index in [4.69, 9.17) is 4.74 Å². The van der Waals surface area contributed by atoms with E-state index in [9.17, 15) is 14.7 Å². The van der Waals surface area contributed by atoms with E-state index in [0.717, 1.165) is 4.47 Å². The number of carbonyl (C=O) groups is 2. The van der Waals surface area contributed by atoms with Gasteiger partial charge in [-0.3, -0.25) is 4.79 Å². The normalized spacial score (nSPS) is 30.4. The molecule has 0 spiro atoms. The fourth-order valence-electron chi connectivity index (χ4n) is 2.69. The minimum atomic E-state index is -1.25. The Labute approximate surface area is 123 Å². The van der Waals surface area contributed by atoms with Crippen molar-refractivity contribution in [1.29, 1.82) is 0 Å². The second-order valence-electron chi connectivity index (χ2n) is 4.82. The van der Waals surface area contributed by atoms with Crippen LogP contribution in [0.4, 0.5) is 5.69 Å². The first kappa shape index (κ1) is 13.3. The van der Waals surface area contributed by atoms with Gasteiger partial charge in [0.25, 0.3) is 0 Å². The van der Waals surface area contributed by atoms with Gasteiger partial charge in [0.1, 0.15) is 0 Å². The van der Waals surface area contributed by atoms with Crippen molar-refractivity contribution >= 4 is 33.5 Å². The van der Waals surface area contributed by atoms with Crippen molar-refractivity contribution < 1.29 is 19.4 Å². The number of amides is 1. The maximum Gasteiger partial charge on any atom is 0.231 e. The maximum absolute atomic E-state index is 12.3. The average Bonchev–Trinajstić information content (AvgIpc) is 2.98. The molecule has 1 aromatic carbocycles. The fourth-order valence-corrected chi connectivity index (χ4v) is 3.09. The number of nitrogens with one attached hydrogen (secondary N) is 1. The number of ether oxygens (including phenoxy) is 1. The van der Waals surface area contributed by atoms with Crippen LogP contribution in [-0.4, -0.2) is 24.1 Å². The molecule has 2 heterocycles. The zero-order valence-electron chi connectivity index (χ0n) is 10.3. The van der Waals surface area contributed by atoms with E-state index in [1.54, 1.807) is 30.4 Å². The third kappa shape index (κ3) is 2.25. The molecule has 2 aliphatic rings. The molecule has 4 atom stereocenters. The number of rotatable bonds is 3. The lowest BCUT2D eigenvalue weighted by Crippen LogP contribution is -2.45. The fraction of sp³-hybridized carbons (Fsp3) is 0.286. The van der Waals surface area contributed by atoms with Crippen LogP contribution in [0, 0.1) is 11.8 Å². The molecule has 0 aromatic heterocycles. The molecule has 2 bridgehead atoms. The summed E-state index contributed by atoms with van der Waals surface area (Å²) in [6.07, 6.45) is 2.35. The van der Waals surface area contributed by atoms with E-state index in [1.165, 1.54) is 0 Å². The van der Waals surface area contributed by atoms with Crippen LogP contribution < -0.4 is 10.4 Å². The minimum Gasteiger partial charge on any atom is -0.550 e. The van der Waals surface area contributed by atoms with Crippen LogP contribution in [0.3, 0.4) is 0 Å². The molecular weight excluding hydrogens is 326 g/mol. The van der Waals surface area contributed by atoms with Crippen LogP contribution >= 0.6 is 15.9 Å². The van der Waals surface area contributed by atoms with E-state index in [0.29, 0.717) is 5.69 Å². The molecule has 1 aromatic rings. The van der Waals surface area contributed by atoms with Gasteiger partial charge in [0.15, 0.2) is 0 Å². The Morgan fingerprint density at radius 2 is 1.90 bits per heavy atom. The number of fused-ring (bicyclic) bond motifs is 2. The zero-order chi connectivity index (χ0) is 14.3. The lowest BCUT2D eigenvalue weighted by molar-refractivity contribution is -0.313. The topological polar surface area (TPSA) is 78.5 Å². The maximum atomic E-state index is 12.3. The lowest BCUT2D eigenvalue weighted by Gasteiger charge is -2.24. The molecule has 5 nitrogen and oxygen atoms in total. The van der Waals surface area contributed by atoms with Gasteiger partial charge in [0, 0.05) is 22.0 Å². The van der Waals surface area contributed by atoms with Gasteiger partial charge in [-0.25, -0.2) is 0 Å². The number of hydrogen-bond donors (Lipinski definition) is 1. The van der Waals surface area contributed by atoms with Crippen molar-refractivity contribution in [3.8, 4) is 0 Å². The third-order valence-corrected chi connectivity index (χ3v) is 4.06. The summed E-state index contributed by atoms with van der Waals surface area (Å²) in [5.74, 6) is -3.31. The SMILES string of the molecule is O=C([O-])[C@@H]1[C@H](C(=O)Nc2cccc(Br)c2)[C@@H]2C=C[C@H]1O2. The molecule has 104 valence electrons. The zero-order valence-corrected chi connectivity index (χ0v) is 11.9. The van der Waals surface area contributed by atoms with E-state index in [1.807, 2.05) is 6.07 Å². The molecule has 1 N–H and O–H groups in total. The molecule has 0 radical (unpaired) electrons. The van der Waals surface area contributed by atoms with Gasteiger partial charge in [-0.15, -0.1) is 0 Å². The number of halogens is 1. The highest BCUT2D eigenvalue weighted by Crippen LogP contribution is 2.39. The van der Waals surface area contributed by atoms with Gasteiger partial charge in [-0.05, 0) is 18.2 Å². The van der Waals surface area contributed by atoms with Gasteiger partial charge in [0.05, 0.1) is 18.1 Å². The van der Waals surface area contributed by atoms with Crippen LogP contribution in [0.2, 0.25) is 0 Å². The second kappa shape index (κ2) is 5.03. The highest BCUT2D eigenvalue weighted by atomic mass is 79.9. The quantitative estimate of drug-likeness (QED) is 0.824. The first-order valence-electron chi connectivity index (χ1n) is 6.17. The summed E-state index contributed by atoms with van der Waals surface area (Å²) >= 11 is 3.31. The molecule has 3 rings (SSSR count). The highest BCUT2D eigenvalue weighted by Gasteiger charge is 2.50.